The highest BCUT2D eigenvalue weighted by molar-refractivity contribution is 7.99. The summed E-state index contributed by atoms with van der Waals surface area (Å²) in [6.07, 6.45) is 16.7. The molecule has 2 aromatic rings. The third kappa shape index (κ3) is 12.2. The number of ketones is 1. The van der Waals surface area contributed by atoms with Crippen molar-refractivity contribution in [2.24, 2.45) is 0 Å². The molecule has 0 amide bonds. The van der Waals surface area contributed by atoms with Crippen LogP contribution in [0, 0.1) is 0 Å². The summed E-state index contributed by atoms with van der Waals surface area (Å²) in [6.45, 7) is 8.03. The SMILES string of the molecule is CCCCCCCOc1ccc(/C=C/C(=O)c2ccc(SCCC)cc2)cc1OCCCCCCC. The van der Waals surface area contributed by atoms with Gasteiger partial charge in [0.15, 0.2) is 17.3 Å². The van der Waals surface area contributed by atoms with Gasteiger partial charge < -0.3 is 9.47 Å². The van der Waals surface area contributed by atoms with Crippen LogP contribution < -0.4 is 9.47 Å². The van der Waals surface area contributed by atoms with Crippen LogP contribution in [0.25, 0.3) is 6.08 Å². The van der Waals surface area contributed by atoms with Crippen LogP contribution in [0.2, 0.25) is 0 Å². The Kier molecular flexibility index (Phi) is 15.8. The monoisotopic (exact) mass is 510 g/mol. The molecule has 0 aliphatic heterocycles. The molecule has 0 spiro atoms. The predicted octanol–water partition coefficient (Wildman–Crippen LogP) is 9.78. The van der Waals surface area contributed by atoms with Crippen LogP contribution in [-0.2, 0) is 0 Å². The lowest BCUT2D eigenvalue weighted by molar-refractivity contribution is 0.104. The summed E-state index contributed by atoms with van der Waals surface area (Å²) in [5.41, 5.74) is 1.65. The van der Waals surface area contributed by atoms with E-state index in [4.69, 9.17) is 9.47 Å². The molecule has 0 N–H and O–H groups in total. The first kappa shape index (κ1) is 30.0. The van der Waals surface area contributed by atoms with Gasteiger partial charge in [0.2, 0.25) is 0 Å². The second-order valence-corrected chi connectivity index (χ2v) is 10.5. The first-order chi connectivity index (χ1) is 17.7. The lowest BCUT2D eigenvalue weighted by atomic mass is 10.1. The molecule has 0 atom stereocenters. The van der Waals surface area contributed by atoms with E-state index in [-0.39, 0.29) is 5.78 Å². The van der Waals surface area contributed by atoms with Crippen LogP contribution in [0.4, 0.5) is 0 Å². The van der Waals surface area contributed by atoms with Crippen molar-refractivity contribution < 1.29 is 14.3 Å². The molecule has 0 saturated carbocycles. The van der Waals surface area contributed by atoms with E-state index >= 15 is 0 Å². The molecular formula is C32H46O3S. The number of carbonyl (C=O) groups excluding carboxylic acids is 1. The van der Waals surface area contributed by atoms with Crippen LogP contribution in [0.1, 0.15) is 107 Å². The number of hydrogen-bond donors (Lipinski definition) is 0. The van der Waals surface area contributed by atoms with Gasteiger partial charge in [-0.3, -0.25) is 4.79 Å². The average Bonchev–Trinajstić information content (AvgIpc) is 2.91. The highest BCUT2D eigenvalue weighted by atomic mass is 32.2. The summed E-state index contributed by atoms with van der Waals surface area (Å²) in [5.74, 6) is 2.66. The van der Waals surface area contributed by atoms with Gasteiger partial charge in [-0.25, -0.2) is 0 Å². The Morgan fingerprint density at radius 1 is 0.722 bits per heavy atom. The fourth-order valence-corrected chi connectivity index (χ4v) is 4.61. The Morgan fingerprint density at radius 3 is 1.94 bits per heavy atom. The normalized spacial score (nSPS) is 11.2. The van der Waals surface area contributed by atoms with E-state index < -0.39 is 0 Å². The molecule has 0 aliphatic carbocycles. The number of hydrogen-bond acceptors (Lipinski definition) is 4. The Labute approximate surface area is 224 Å². The maximum atomic E-state index is 12.7. The van der Waals surface area contributed by atoms with Gasteiger partial charge in [0.05, 0.1) is 13.2 Å². The largest absolute Gasteiger partial charge is 0.490 e. The minimum Gasteiger partial charge on any atom is -0.490 e. The van der Waals surface area contributed by atoms with Crippen LogP contribution in [-0.4, -0.2) is 24.7 Å². The highest BCUT2D eigenvalue weighted by Gasteiger charge is 2.08. The van der Waals surface area contributed by atoms with Crippen molar-refractivity contribution in [1.29, 1.82) is 0 Å². The van der Waals surface area contributed by atoms with Gasteiger partial charge >= 0.3 is 0 Å². The molecular weight excluding hydrogens is 464 g/mol. The Hall–Kier alpha value is -2.20. The zero-order valence-electron chi connectivity index (χ0n) is 22.7. The van der Waals surface area contributed by atoms with E-state index in [1.54, 1.807) is 6.08 Å². The van der Waals surface area contributed by atoms with Gasteiger partial charge in [0.1, 0.15) is 0 Å². The van der Waals surface area contributed by atoms with E-state index in [2.05, 4.69) is 20.8 Å². The minimum absolute atomic E-state index is 0.00726. The van der Waals surface area contributed by atoms with E-state index in [1.807, 2.05) is 60.3 Å². The van der Waals surface area contributed by atoms with Crippen molar-refractivity contribution in [3.05, 3.63) is 59.7 Å². The molecule has 0 radical (unpaired) electrons. The van der Waals surface area contributed by atoms with Crippen molar-refractivity contribution >= 4 is 23.6 Å². The Balaban J connectivity index is 1.99. The summed E-state index contributed by atoms with van der Waals surface area (Å²) in [6, 6.07) is 13.8. The van der Waals surface area contributed by atoms with Crippen molar-refractivity contribution in [1.82, 2.24) is 0 Å². The summed E-state index contributed by atoms with van der Waals surface area (Å²) in [7, 11) is 0. The van der Waals surface area contributed by atoms with Crippen molar-refractivity contribution in [3.63, 3.8) is 0 Å². The zero-order chi connectivity index (χ0) is 25.8. The number of ether oxygens (including phenoxy) is 2. The summed E-state index contributed by atoms with van der Waals surface area (Å²) in [4.78, 5) is 13.9. The molecule has 2 rings (SSSR count). The number of rotatable bonds is 20. The molecule has 2 aromatic carbocycles. The topological polar surface area (TPSA) is 35.5 Å². The van der Waals surface area contributed by atoms with E-state index in [9.17, 15) is 4.79 Å². The maximum Gasteiger partial charge on any atom is 0.185 e. The predicted molar refractivity (Wildman–Crippen MR) is 156 cm³/mol. The van der Waals surface area contributed by atoms with Crippen molar-refractivity contribution in [2.45, 2.75) is 96.3 Å². The standard InChI is InChI=1S/C32H46O3S/c1-4-7-9-11-13-23-34-31-22-16-27(26-32(31)35-24-14-12-10-8-5-2)15-21-30(33)28-17-19-29(20-18-28)36-25-6-3/h15-22,26H,4-14,23-25H2,1-3H3/b21-15+. The quantitative estimate of drug-likeness (QED) is 0.0768. The van der Waals surface area contributed by atoms with Crippen LogP contribution in [0.3, 0.4) is 0 Å². The smallest absolute Gasteiger partial charge is 0.185 e. The van der Waals surface area contributed by atoms with E-state index in [1.165, 1.54) is 56.3 Å². The number of allylic oxidation sites excluding steroid dienone is 1. The van der Waals surface area contributed by atoms with Gasteiger partial charge in [-0.05, 0) is 73.1 Å². The summed E-state index contributed by atoms with van der Waals surface area (Å²) < 4.78 is 12.2. The molecule has 0 bridgehead atoms. The lowest BCUT2D eigenvalue weighted by Crippen LogP contribution is -2.03. The van der Waals surface area contributed by atoms with Gasteiger partial charge in [-0.15, -0.1) is 11.8 Å². The molecule has 0 aliphatic rings. The molecule has 198 valence electrons. The average molecular weight is 511 g/mol. The minimum atomic E-state index is 0.00726. The van der Waals surface area contributed by atoms with Gasteiger partial charge in [0.25, 0.3) is 0 Å². The van der Waals surface area contributed by atoms with Crippen molar-refractivity contribution in [2.75, 3.05) is 19.0 Å². The number of benzene rings is 2. The molecule has 0 fully saturated rings. The molecule has 0 unspecified atom stereocenters. The van der Waals surface area contributed by atoms with E-state index in [0.717, 1.165) is 42.1 Å². The first-order valence-electron chi connectivity index (χ1n) is 14.0. The highest BCUT2D eigenvalue weighted by Crippen LogP contribution is 2.30. The summed E-state index contributed by atoms with van der Waals surface area (Å²) >= 11 is 1.82. The molecule has 3 nitrogen and oxygen atoms in total. The van der Waals surface area contributed by atoms with Crippen LogP contribution >= 0.6 is 11.8 Å². The van der Waals surface area contributed by atoms with Gasteiger partial charge in [0, 0.05) is 10.5 Å². The van der Waals surface area contributed by atoms with Crippen LogP contribution in [0.5, 0.6) is 11.5 Å². The molecule has 0 heterocycles. The second kappa shape index (κ2) is 19.0. The van der Waals surface area contributed by atoms with Crippen molar-refractivity contribution in [3.8, 4) is 11.5 Å². The Bertz CT molecular complexity index is 889. The zero-order valence-corrected chi connectivity index (χ0v) is 23.5. The molecule has 4 heteroatoms. The van der Waals surface area contributed by atoms with E-state index in [0.29, 0.717) is 18.8 Å². The molecule has 0 saturated heterocycles. The third-order valence-electron chi connectivity index (χ3n) is 6.02. The van der Waals surface area contributed by atoms with Gasteiger partial charge in [-0.2, -0.15) is 0 Å². The second-order valence-electron chi connectivity index (χ2n) is 9.30. The fourth-order valence-electron chi connectivity index (χ4n) is 3.84. The molecule has 0 aromatic heterocycles. The lowest BCUT2D eigenvalue weighted by Gasteiger charge is -2.14. The third-order valence-corrected chi connectivity index (χ3v) is 7.24. The Morgan fingerprint density at radius 2 is 1.33 bits per heavy atom. The number of carbonyl (C=O) groups is 1. The van der Waals surface area contributed by atoms with Crippen LogP contribution in [0.15, 0.2) is 53.4 Å². The fraction of sp³-hybridized carbons (Fsp3) is 0.531. The molecule has 36 heavy (non-hydrogen) atoms. The summed E-state index contributed by atoms with van der Waals surface area (Å²) in [5, 5.41) is 0. The van der Waals surface area contributed by atoms with Gasteiger partial charge in [-0.1, -0.05) is 84.3 Å². The first-order valence-corrected chi connectivity index (χ1v) is 15.0. The number of unbranched alkanes of at least 4 members (excludes halogenated alkanes) is 8. The maximum absolute atomic E-state index is 12.7. The number of thioether (sulfide) groups is 1.